The van der Waals surface area contributed by atoms with Crippen molar-refractivity contribution in [2.45, 2.75) is 301 Å². The number of hydrogen-bond acceptors (Lipinski definition) is 25. The van der Waals surface area contributed by atoms with Gasteiger partial charge in [-0.25, -0.2) is 4.79 Å². The molecule has 0 saturated carbocycles. The highest BCUT2D eigenvalue weighted by atomic mass is 33.1. The lowest BCUT2D eigenvalue weighted by molar-refractivity contribution is -0.147. The van der Waals surface area contributed by atoms with E-state index in [0.29, 0.717) is 18.4 Å². The number of nitrogens with two attached hydrogens (primary N) is 3. The molecular formula is C87H145N25O21S2. The zero-order valence-electron chi connectivity index (χ0n) is 79.2. The maximum absolute atomic E-state index is 15.3. The van der Waals surface area contributed by atoms with Crippen LogP contribution < -0.4 is 102 Å². The number of aliphatic hydroxyl groups is 2. The van der Waals surface area contributed by atoms with Gasteiger partial charge >= 0.3 is 5.97 Å². The quantitative estimate of drug-likeness (QED) is 0.0129. The number of amides is 16. The van der Waals surface area contributed by atoms with Gasteiger partial charge < -0.3 is 137 Å². The maximum atomic E-state index is 15.3. The van der Waals surface area contributed by atoms with Gasteiger partial charge in [-0.3, -0.25) is 92.9 Å². The van der Waals surface area contributed by atoms with Crippen LogP contribution in [-0.2, 0) is 87.9 Å². The minimum absolute atomic E-state index is 0.0147. The minimum atomic E-state index is -1.96. The van der Waals surface area contributed by atoms with Crippen LogP contribution in [0.25, 0.3) is 0 Å². The van der Waals surface area contributed by atoms with Crippen molar-refractivity contribution in [1.82, 2.24) is 99.8 Å². The summed E-state index contributed by atoms with van der Waals surface area (Å²) in [4.78, 5) is 252. The highest BCUT2D eigenvalue weighted by Crippen LogP contribution is 2.30. The van der Waals surface area contributed by atoms with Crippen molar-refractivity contribution in [3.63, 3.8) is 0 Å². The van der Waals surface area contributed by atoms with E-state index in [9.17, 15) is 63.6 Å². The molecule has 1 aromatic carbocycles. The summed E-state index contributed by atoms with van der Waals surface area (Å²) < 4.78 is 0. The van der Waals surface area contributed by atoms with E-state index in [1.165, 1.54) is 39.0 Å². The summed E-state index contributed by atoms with van der Waals surface area (Å²) in [5, 5.41) is 107. The first-order valence-corrected chi connectivity index (χ1v) is 48.7. The summed E-state index contributed by atoms with van der Waals surface area (Å²) in [5.74, 6) is -19.3. The minimum Gasteiger partial charge on any atom is -0.508 e. The SMILES string of the molecule is CC(=O)N[C@H]1CSSC[C@@H](C(=O)N[C@H](C(=O)N[C@@H](CC(C)C)C(=O)N[C@@H](CC(C)C)C(=O)N[C@@H](CC(C)C)C(=O)N[C@@H](CCCNC(=N)N)C(=O)N[C@@H](CO)C(=O)O)[C@@H](C)O)NC(=O)[C@H](CC(C)C)NC(=O)[C@H](CCCNC(=N)N)NC(=O)[C@H](CCCNC(=N)N)NC(=O)[C@@H]2CCCN2C(=O)[C@H](CC(C)C)NC(=O)[C@H](Cc2ccc(O)cc2)NC(=O)[C@@H]2CCCN2C(=O)[C@@H]2CCCN2C1=O. The number of aliphatic carboxylic acids is 1. The van der Waals surface area contributed by atoms with Crippen molar-refractivity contribution in [2.75, 3.05) is 57.4 Å². The van der Waals surface area contributed by atoms with E-state index in [4.69, 9.17) is 33.4 Å². The number of aromatic hydroxyl groups is 1. The third kappa shape index (κ3) is 38.6. The van der Waals surface area contributed by atoms with Crippen molar-refractivity contribution in [2.24, 2.45) is 46.8 Å². The number of benzene rings is 1. The molecule has 1 aromatic rings. The summed E-state index contributed by atoms with van der Waals surface area (Å²) in [6, 6.07) is -17.8. The predicted molar refractivity (Wildman–Crippen MR) is 503 cm³/mol. The average Bonchev–Trinajstić information content (AvgIpc) is 1.66. The number of phenolic OH excluding ortho intramolecular Hbond substituents is 1. The lowest BCUT2D eigenvalue weighted by Crippen LogP contribution is -2.62. The highest BCUT2D eigenvalue weighted by molar-refractivity contribution is 8.76. The Hall–Kier alpha value is -11.6. The van der Waals surface area contributed by atoms with E-state index in [1.54, 1.807) is 69.2 Å². The van der Waals surface area contributed by atoms with E-state index in [0.717, 1.165) is 35.4 Å². The monoisotopic (exact) mass is 1940 g/mol. The van der Waals surface area contributed by atoms with Crippen molar-refractivity contribution in [3.8, 4) is 5.75 Å². The van der Waals surface area contributed by atoms with Gasteiger partial charge in [0.1, 0.15) is 102 Å². The van der Waals surface area contributed by atoms with Gasteiger partial charge in [-0.05, 0) is 163 Å². The molecule has 29 N–H and O–H groups in total. The van der Waals surface area contributed by atoms with Crippen LogP contribution in [0.3, 0.4) is 0 Å². The first-order chi connectivity index (χ1) is 63.6. The third-order valence-electron chi connectivity index (χ3n) is 22.8. The molecule has 4 fully saturated rings. The smallest absolute Gasteiger partial charge is 0.328 e. The zero-order chi connectivity index (χ0) is 101. The molecule has 0 radical (unpaired) electrons. The van der Waals surface area contributed by atoms with Crippen LogP contribution in [0.1, 0.15) is 198 Å². The average molecular weight is 1940 g/mol. The van der Waals surface area contributed by atoms with Gasteiger partial charge in [0, 0.05) is 64.1 Å². The molecule has 135 heavy (non-hydrogen) atoms. The fourth-order valence-corrected chi connectivity index (χ4v) is 18.4. The van der Waals surface area contributed by atoms with E-state index < -0.39 is 239 Å². The van der Waals surface area contributed by atoms with Crippen molar-refractivity contribution < 1.29 is 102 Å². The highest BCUT2D eigenvalue weighted by Gasteiger charge is 2.47. The van der Waals surface area contributed by atoms with E-state index in [1.807, 2.05) is 0 Å². The first-order valence-electron chi connectivity index (χ1n) is 46.2. The van der Waals surface area contributed by atoms with Crippen LogP contribution in [-0.4, -0.2) is 314 Å². The lowest BCUT2D eigenvalue weighted by Gasteiger charge is -2.33. The molecule has 17 atom stereocenters. The van der Waals surface area contributed by atoms with Gasteiger partial charge in [0.15, 0.2) is 17.9 Å². The number of aliphatic hydroxyl groups excluding tert-OH is 2. The molecule has 46 nitrogen and oxygen atoms in total. The van der Waals surface area contributed by atoms with E-state index >= 15 is 38.4 Å². The number of carbonyl (C=O) groups excluding carboxylic acids is 16. The number of nitrogens with zero attached hydrogens (tertiary/aromatic N) is 3. The lowest BCUT2D eigenvalue weighted by atomic mass is 9.98. The number of rotatable bonds is 40. The zero-order valence-corrected chi connectivity index (χ0v) is 80.9. The van der Waals surface area contributed by atoms with Crippen molar-refractivity contribution in [3.05, 3.63) is 29.8 Å². The molecule has 0 spiro atoms. The number of carboxylic acids is 1. The van der Waals surface area contributed by atoms with Crippen LogP contribution >= 0.6 is 21.6 Å². The molecule has 5 rings (SSSR count). The molecular weight excluding hydrogens is 1800 g/mol. The van der Waals surface area contributed by atoms with Gasteiger partial charge in [-0.2, -0.15) is 0 Å². The molecule has 4 aliphatic rings. The number of carbonyl (C=O) groups is 17. The molecule has 0 aromatic heterocycles. The van der Waals surface area contributed by atoms with Crippen LogP contribution in [0.5, 0.6) is 5.75 Å². The molecule has 0 unspecified atom stereocenters. The second-order valence-corrected chi connectivity index (χ2v) is 39.3. The Bertz CT molecular complexity index is 4260. The van der Waals surface area contributed by atoms with E-state index in [-0.39, 0.29) is 177 Å². The normalized spacial score (nSPS) is 22.7. The Kier molecular flexibility index (Phi) is 47.9. The number of hydrogen-bond donors (Lipinski definition) is 26. The fraction of sp³-hybridized carbons (Fsp3) is 0.701. The van der Waals surface area contributed by atoms with Crippen LogP contribution in [0.4, 0.5) is 0 Å². The molecule has 0 bridgehead atoms. The Morgan fingerprint density at radius 3 is 1.30 bits per heavy atom. The predicted octanol–water partition coefficient (Wildman–Crippen LogP) is -3.90. The molecule has 48 heteroatoms. The Balaban J connectivity index is 1.60. The van der Waals surface area contributed by atoms with Crippen molar-refractivity contribution in [1.29, 1.82) is 16.2 Å². The van der Waals surface area contributed by atoms with Crippen LogP contribution in [0.15, 0.2) is 24.3 Å². The summed E-state index contributed by atoms with van der Waals surface area (Å²) in [6.07, 6.45) is -1.41. The third-order valence-corrected chi connectivity index (χ3v) is 25.2. The van der Waals surface area contributed by atoms with Gasteiger partial charge in [0.2, 0.25) is 94.5 Å². The summed E-state index contributed by atoms with van der Waals surface area (Å²) in [7, 11) is 1.80. The topological polar surface area (TPSA) is 723 Å². The molecule has 756 valence electrons. The standard InChI is InChI=1S/C87H145N25O21S2/c1-44(2)35-56(72(120)99-54(20-14-30-95-86(90)91)71(119)107-62(41-113)84(132)133)102-73(121)57(36-45(3)4)103-74(122)59(38-47(7)8)105-80(128)68(49(11)114)109-77(125)63-42-134-135-43-64(97-50(12)115)82(130)112-34-18-24-67(112)83(131)111-33-17-23-66(111)79(127)104-60(40-51-25-27-52(116)28-26-51)76(124)106-61(39-48(9)10)81(129)110-32-16-22-65(110)78(126)100-55(21-15-31-96-87(92)93)69(117)98-53(19-13-29-94-85(88)89)70(118)101-58(37-46(5)6)75(123)108-63/h25-28,44-49,53-68,113-114,116H,13-24,29-43H2,1-12H3,(H,97,115)(H,98,117)(H,99,120)(H,100,126)(H,101,118)(H,102,121)(H,103,122)(H,104,127)(H,105,128)(H,106,124)(H,107,119)(H,108,123)(H,109,125)(H,132,133)(H4,88,89,94)(H4,90,91,95)(H4,92,93,96)/t49-,53+,54+,55+,56+,57+,58+,59+,60+,61+,62+,63+,64+,65+,66+,67+,68+/m1/s1. The fourth-order valence-electron chi connectivity index (χ4n) is 16.1. The number of phenols is 1. The Morgan fingerprint density at radius 1 is 0.459 bits per heavy atom. The van der Waals surface area contributed by atoms with Gasteiger partial charge in [-0.15, -0.1) is 0 Å². The Morgan fingerprint density at radius 2 is 0.844 bits per heavy atom. The van der Waals surface area contributed by atoms with E-state index in [2.05, 4.69) is 85.1 Å². The molecule has 16 amide bonds. The Labute approximate surface area is 795 Å². The van der Waals surface area contributed by atoms with Crippen LogP contribution in [0, 0.1) is 45.8 Å². The summed E-state index contributed by atoms with van der Waals surface area (Å²) in [6.45, 7) is 18.9. The van der Waals surface area contributed by atoms with Gasteiger partial charge in [-0.1, -0.05) is 103 Å². The molecule has 0 aliphatic carbocycles. The molecule has 4 heterocycles. The number of fused-ring (bicyclic) bond motifs is 3. The van der Waals surface area contributed by atoms with Gasteiger partial charge in [0.05, 0.1) is 12.7 Å². The molecule has 4 saturated heterocycles. The summed E-state index contributed by atoms with van der Waals surface area (Å²) in [5.41, 5.74) is 17.2. The number of carboxylic acid groups (broad SMARTS) is 1. The second-order valence-electron chi connectivity index (χ2n) is 36.8. The maximum Gasteiger partial charge on any atom is 0.328 e. The second kappa shape index (κ2) is 56.7. The number of guanidine groups is 3. The summed E-state index contributed by atoms with van der Waals surface area (Å²) >= 11 is 0. The molecule has 4 aliphatic heterocycles. The number of nitrogens with one attached hydrogen (secondary N) is 19. The van der Waals surface area contributed by atoms with Gasteiger partial charge in [0.25, 0.3) is 0 Å². The van der Waals surface area contributed by atoms with Crippen LogP contribution in [0.2, 0.25) is 0 Å². The largest absolute Gasteiger partial charge is 0.508 e. The van der Waals surface area contributed by atoms with Crippen molar-refractivity contribution >= 4 is 140 Å². The first kappa shape index (κ1) is 114.